The number of hydrogen-bond acceptors (Lipinski definition) is 3. The maximum atomic E-state index is 12.1. The molecular weight excluding hydrogens is 204 g/mol. The van der Waals surface area contributed by atoms with Gasteiger partial charge in [0.1, 0.15) is 0 Å². The maximum absolute atomic E-state index is 12.1. The van der Waals surface area contributed by atoms with E-state index in [2.05, 4.69) is 0 Å². The predicted octanol–water partition coefficient (Wildman–Crippen LogP) is 1.11. The van der Waals surface area contributed by atoms with Gasteiger partial charge in [0.2, 0.25) is 0 Å². The molecule has 4 nitrogen and oxygen atoms in total. The molecule has 0 aromatic heterocycles. The normalized spacial score (nSPS) is 10.5. The van der Waals surface area contributed by atoms with Gasteiger partial charge in [-0.25, -0.2) is 0 Å². The second-order valence-corrected chi connectivity index (χ2v) is 3.90. The molecule has 0 aliphatic carbocycles. The van der Waals surface area contributed by atoms with Crippen molar-refractivity contribution in [1.29, 1.82) is 0 Å². The maximum Gasteiger partial charge on any atom is 0.256 e. The molecule has 16 heavy (non-hydrogen) atoms. The van der Waals surface area contributed by atoms with E-state index in [0.29, 0.717) is 17.8 Å². The Bertz CT molecular complexity index is 364. The van der Waals surface area contributed by atoms with Crippen LogP contribution in [-0.4, -0.2) is 35.1 Å². The molecule has 0 aliphatic rings. The molecule has 1 amide bonds. The number of aliphatic hydroxyl groups excluding tert-OH is 1. The molecule has 1 aromatic carbocycles. The quantitative estimate of drug-likeness (QED) is 0.750. The molecule has 0 unspecified atom stereocenters. The van der Waals surface area contributed by atoms with Crippen molar-refractivity contribution in [3.63, 3.8) is 0 Å². The van der Waals surface area contributed by atoms with E-state index in [-0.39, 0.29) is 18.6 Å². The van der Waals surface area contributed by atoms with E-state index in [9.17, 15) is 4.79 Å². The van der Waals surface area contributed by atoms with Crippen molar-refractivity contribution < 1.29 is 9.90 Å². The van der Waals surface area contributed by atoms with Crippen LogP contribution < -0.4 is 5.73 Å². The smallest absolute Gasteiger partial charge is 0.256 e. The molecule has 0 spiro atoms. The molecule has 1 rings (SSSR count). The first-order chi connectivity index (χ1) is 7.57. The lowest BCUT2D eigenvalue weighted by atomic mass is 10.1. The molecule has 0 radical (unpaired) electrons. The predicted molar refractivity (Wildman–Crippen MR) is 64.1 cm³/mol. The van der Waals surface area contributed by atoms with Crippen LogP contribution in [0.3, 0.4) is 0 Å². The summed E-state index contributed by atoms with van der Waals surface area (Å²) >= 11 is 0. The Morgan fingerprint density at radius 2 is 2.06 bits per heavy atom. The monoisotopic (exact) mass is 222 g/mol. The third-order valence-corrected chi connectivity index (χ3v) is 2.42. The van der Waals surface area contributed by atoms with Gasteiger partial charge < -0.3 is 15.7 Å². The average molecular weight is 222 g/mol. The van der Waals surface area contributed by atoms with Crippen LogP contribution in [0, 0.1) is 0 Å². The van der Waals surface area contributed by atoms with Crippen molar-refractivity contribution in [2.45, 2.75) is 19.9 Å². The van der Waals surface area contributed by atoms with Gasteiger partial charge in [0, 0.05) is 18.3 Å². The lowest BCUT2D eigenvalue weighted by Crippen LogP contribution is -2.39. The van der Waals surface area contributed by atoms with E-state index in [0.717, 1.165) is 0 Å². The summed E-state index contributed by atoms with van der Waals surface area (Å²) in [5.74, 6) is -0.137. The molecule has 0 fully saturated rings. The van der Waals surface area contributed by atoms with Gasteiger partial charge in [-0.2, -0.15) is 0 Å². The van der Waals surface area contributed by atoms with Crippen molar-refractivity contribution in [3.05, 3.63) is 29.8 Å². The highest BCUT2D eigenvalue weighted by Gasteiger charge is 2.19. The fraction of sp³-hybridized carbons (Fsp3) is 0.417. The van der Waals surface area contributed by atoms with Crippen LogP contribution in [0.15, 0.2) is 24.3 Å². The van der Waals surface area contributed by atoms with Gasteiger partial charge in [-0.3, -0.25) is 4.79 Å². The Labute approximate surface area is 95.7 Å². The van der Waals surface area contributed by atoms with E-state index >= 15 is 0 Å². The number of anilines is 1. The molecular formula is C12H18N2O2. The molecule has 3 N–H and O–H groups in total. The fourth-order valence-electron chi connectivity index (χ4n) is 1.55. The summed E-state index contributed by atoms with van der Waals surface area (Å²) in [6, 6.07) is 7.01. The van der Waals surface area contributed by atoms with Crippen LogP contribution in [0.2, 0.25) is 0 Å². The molecule has 1 aromatic rings. The molecule has 0 bridgehead atoms. The first-order valence-corrected chi connectivity index (χ1v) is 5.34. The Kier molecular flexibility index (Phi) is 4.31. The summed E-state index contributed by atoms with van der Waals surface area (Å²) in [7, 11) is 0. The number of carbonyl (C=O) groups excluding carboxylic acids is 1. The van der Waals surface area contributed by atoms with Crippen molar-refractivity contribution in [3.8, 4) is 0 Å². The Balaban J connectivity index is 2.95. The summed E-state index contributed by atoms with van der Waals surface area (Å²) in [5.41, 5.74) is 6.70. The van der Waals surface area contributed by atoms with E-state index < -0.39 is 0 Å². The third kappa shape index (κ3) is 2.73. The summed E-state index contributed by atoms with van der Waals surface area (Å²) in [5, 5.41) is 8.93. The Morgan fingerprint density at radius 3 is 2.56 bits per heavy atom. The van der Waals surface area contributed by atoms with Crippen LogP contribution in [-0.2, 0) is 0 Å². The topological polar surface area (TPSA) is 66.6 Å². The van der Waals surface area contributed by atoms with Gasteiger partial charge >= 0.3 is 0 Å². The molecule has 0 heterocycles. The zero-order valence-electron chi connectivity index (χ0n) is 9.68. The van der Waals surface area contributed by atoms with Crippen molar-refractivity contribution >= 4 is 11.6 Å². The average Bonchev–Trinajstić information content (AvgIpc) is 2.25. The van der Waals surface area contributed by atoms with Gasteiger partial charge in [0.25, 0.3) is 5.91 Å². The molecule has 0 saturated carbocycles. The van der Waals surface area contributed by atoms with Crippen LogP contribution in [0.1, 0.15) is 24.2 Å². The van der Waals surface area contributed by atoms with Gasteiger partial charge in [-0.05, 0) is 26.0 Å². The summed E-state index contributed by atoms with van der Waals surface area (Å²) in [6.07, 6.45) is 0. The SMILES string of the molecule is CC(C)N(CCO)C(=O)c1ccccc1N. The Morgan fingerprint density at radius 1 is 1.44 bits per heavy atom. The molecule has 0 atom stereocenters. The van der Waals surface area contributed by atoms with E-state index in [4.69, 9.17) is 10.8 Å². The number of carbonyl (C=O) groups is 1. The standard InChI is InChI=1S/C12H18N2O2/c1-9(2)14(7-8-15)12(16)10-5-3-4-6-11(10)13/h3-6,9,15H,7-8,13H2,1-2H3. The zero-order chi connectivity index (χ0) is 12.1. The number of aliphatic hydroxyl groups is 1. The van der Waals surface area contributed by atoms with Gasteiger partial charge in [0.15, 0.2) is 0 Å². The number of nitrogen functional groups attached to an aromatic ring is 1. The van der Waals surface area contributed by atoms with Gasteiger partial charge in [0.05, 0.1) is 12.2 Å². The minimum atomic E-state index is -0.137. The molecule has 4 heteroatoms. The van der Waals surface area contributed by atoms with Crippen LogP contribution in [0.25, 0.3) is 0 Å². The lowest BCUT2D eigenvalue weighted by molar-refractivity contribution is 0.0666. The number of rotatable bonds is 4. The summed E-state index contributed by atoms with van der Waals surface area (Å²) in [4.78, 5) is 13.7. The fourth-order valence-corrected chi connectivity index (χ4v) is 1.55. The largest absolute Gasteiger partial charge is 0.398 e. The lowest BCUT2D eigenvalue weighted by Gasteiger charge is -2.26. The summed E-state index contributed by atoms with van der Waals surface area (Å²) in [6.45, 7) is 4.10. The first kappa shape index (κ1) is 12.5. The van der Waals surface area contributed by atoms with Crippen molar-refractivity contribution in [2.24, 2.45) is 0 Å². The van der Waals surface area contributed by atoms with E-state index in [1.807, 2.05) is 13.8 Å². The van der Waals surface area contributed by atoms with Crippen molar-refractivity contribution in [2.75, 3.05) is 18.9 Å². The minimum Gasteiger partial charge on any atom is -0.398 e. The third-order valence-electron chi connectivity index (χ3n) is 2.42. The van der Waals surface area contributed by atoms with Crippen LogP contribution in [0.4, 0.5) is 5.69 Å². The second-order valence-electron chi connectivity index (χ2n) is 3.90. The van der Waals surface area contributed by atoms with Gasteiger partial charge in [-0.1, -0.05) is 12.1 Å². The number of nitrogens with zero attached hydrogens (tertiary/aromatic N) is 1. The summed E-state index contributed by atoms with van der Waals surface area (Å²) < 4.78 is 0. The van der Waals surface area contributed by atoms with Crippen LogP contribution >= 0.6 is 0 Å². The molecule has 0 aliphatic heterocycles. The van der Waals surface area contributed by atoms with E-state index in [1.54, 1.807) is 29.2 Å². The van der Waals surface area contributed by atoms with E-state index in [1.165, 1.54) is 0 Å². The van der Waals surface area contributed by atoms with Gasteiger partial charge in [-0.15, -0.1) is 0 Å². The molecule has 88 valence electrons. The second kappa shape index (κ2) is 5.51. The first-order valence-electron chi connectivity index (χ1n) is 5.34. The highest BCUT2D eigenvalue weighted by atomic mass is 16.3. The zero-order valence-corrected chi connectivity index (χ0v) is 9.68. The van der Waals surface area contributed by atoms with Crippen LogP contribution in [0.5, 0.6) is 0 Å². The number of benzene rings is 1. The highest BCUT2D eigenvalue weighted by molar-refractivity contribution is 5.99. The number of nitrogens with two attached hydrogens (primary N) is 1. The Hall–Kier alpha value is -1.55. The number of para-hydroxylation sites is 1. The van der Waals surface area contributed by atoms with Crippen molar-refractivity contribution in [1.82, 2.24) is 4.90 Å². The molecule has 0 saturated heterocycles. The minimum absolute atomic E-state index is 0.0410. The number of hydrogen-bond donors (Lipinski definition) is 2. The number of amides is 1. The highest BCUT2D eigenvalue weighted by Crippen LogP contribution is 2.14.